The van der Waals surface area contributed by atoms with Crippen LogP contribution in [-0.2, 0) is 21.8 Å². The van der Waals surface area contributed by atoms with Gasteiger partial charge in [-0.05, 0) is 42.5 Å². The van der Waals surface area contributed by atoms with Gasteiger partial charge in [-0.1, -0.05) is 24.3 Å². The van der Waals surface area contributed by atoms with Crippen LogP contribution in [0.25, 0.3) is 0 Å². The number of nitrogen functional groups attached to an aromatic ring is 1. The van der Waals surface area contributed by atoms with E-state index in [2.05, 4.69) is 10.0 Å². The minimum Gasteiger partial charge on any atom is -0.398 e. The Morgan fingerprint density at radius 1 is 0.931 bits per heavy atom. The molecule has 0 bridgehead atoms. The fourth-order valence-corrected chi connectivity index (χ4v) is 4.93. The fraction of sp³-hybridized carbons (Fsp3) is 0.0952. The second-order valence-corrected chi connectivity index (χ2v) is 8.81. The normalized spacial score (nSPS) is 12.8. The van der Waals surface area contributed by atoms with Gasteiger partial charge in [0.05, 0.1) is 26.3 Å². The van der Waals surface area contributed by atoms with Gasteiger partial charge in [0.25, 0.3) is 0 Å². The minimum atomic E-state index is -1.61. The Hall–Kier alpha value is -2.97. The Morgan fingerprint density at radius 2 is 1.66 bits per heavy atom. The lowest BCUT2D eigenvalue weighted by Gasteiger charge is -2.13. The lowest BCUT2D eigenvalue weighted by atomic mass is 10.00. The lowest BCUT2D eigenvalue weighted by Crippen LogP contribution is -2.10. The van der Waals surface area contributed by atoms with Gasteiger partial charge in [-0.3, -0.25) is 9.62 Å². The van der Waals surface area contributed by atoms with E-state index >= 15 is 0 Å². The molecule has 3 aromatic carbocycles. The van der Waals surface area contributed by atoms with Crippen LogP contribution in [-0.4, -0.2) is 27.4 Å². The van der Waals surface area contributed by atoms with Gasteiger partial charge in [0.2, 0.25) is 0 Å². The van der Waals surface area contributed by atoms with Gasteiger partial charge in [-0.15, -0.1) is 0 Å². The third-order valence-electron chi connectivity index (χ3n) is 4.33. The number of rotatable bonds is 7. The van der Waals surface area contributed by atoms with E-state index in [1.54, 1.807) is 48.7 Å². The first-order valence-corrected chi connectivity index (χ1v) is 11.5. The first kappa shape index (κ1) is 20.8. The highest BCUT2D eigenvalue weighted by atomic mass is 32.2. The van der Waals surface area contributed by atoms with Crippen LogP contribution in [0.4, 0.5) is 17.1 Å². The van der Waals surface area contributed by atoms with Crippen LogP contribution in [0.1, 0.15) is 11.1 Å². The molecule has 0 saturated carbocycles. The number of nitrogens with one attached hydrogen (secondary N) is 3. The van der Waals surface area contributed by atoms with Crippen molar-refractivity contribution in [2.45, 2.75) is 9.79 Å². The number of nitrogens with two attached hydrogens (primary N) is 1. The van der Waals surface area contributed by atoms with Crippen molar-refractivity contribution in [1.82, 2.24) is 0 Å². The highest BCUT2D eigenvalue weighted by Gasteiger charge is 2.14. The number of hydrogen-bond donors (Lipinski definition) is 4. The molecule has 0 aliphatic carbocycles. The first-order chi connectivity index (χ1) is 13.9. The molecule has 5 N–H and O–H groups in total. The van der Waals surface area contributed by atoms with E-state index in [0.717, 1.165) is 5.69 Å². The minimum absolute atomic E-state index is 0.268. The molecule has 0 aromatic heterocycles. The fourth-order valence-electron chi connectivity index (χ4n) is 2.82. The van der Waals surface area contributed by atoms with Gasteiger partial charge in [-0.25, -0.2) is 4.21 Å². The summed E-state index contributed by atoms with van der Waals surface area (Å²) in [6.07, 6.45) is 1.55. The smallest absolute Gasteiger partial charge is 0.151 e. The average molecular weight is 427 g/mol. The zero-order chi connectivity index (χ0) is 21.0. The monoisotopic (exact) mass is 426 g/mol. The van der Waals surface area contributed by atoms with Crippen molar-refractivity contribution in [3.05, 3.63) is 77.9 Å². The number of anilines is 3. The van der Waals surface area contributed by atoms with Crippen LogP contribution in [0.3, 0.4) is 0 Å². The summed E-state index contributed by atoms with van der Waals surface area (Å²) in [6, 6.07) is 19.5. The first-order valence-electron chi connectivity index (χ1n) is 8.78. The Balaban J connectivity index is 1.90. The van der Waals surface area contributed by atoms with E-state index in [0.29, 0.717) is 32.3 Å². The molecule has 3 rings (SSSR count). The highest BCUT2D eigenvalue weighted by Crippen LogP contribution is 2.24. The van der Waals surface area contributed by atoms with Crippen LogP contribution in [0.15, 0.2) is 76.5 Å². The van der Waals surface area contributed by atoms with Crippen molar-refractivity contribution in [1.29, 1.82) is 5.41 Å². The summed E-state index contributed by atoms with van der Waals surface area (Å²) in [5.41, 5.74) is 9.53. The molecule has 0 heterocycles. The number of benzene rings is 3. The molecule has 0 aliphatic heterocycles. The van der Waals surface area contributed by atoms with Crippen molar-refractivity contribution in [2.75, 3.05) is 29.1 Å². The Kier molecular flexibility index (Phi) is 6.46. The second-order valence-electron chi connectivity index (χ2n) is 6.28. The molecular weight excluding hydrogens is 404 g/mol. The number of hydrogen-bond acceptors (Lipinski definition) is 5. The Bertz CT molecular complexity index is 1120. The molecular formula is C21H22N4O2S2. The summed E-state index contributed by atoms with van der Waals surface area (Å²) < 4.78 is 27.7. The molecule has 0 fully saturated rings. The van der Waals surface area contributed by atoms with Gasteiger partial charge in [0.15, 0.2) is 11.0 Å². The second kappa shape index (κ2) is 9.02. The molecule has 6 nitrogen and oxygen atoms in total. The third kappa shape index (κ3) is 4.72. The highest BCUT2D eigenvalue weighted by molar-refractivity contribution is 7.88. The van der Waals surface area contributed by atoms with Crippen LogP contribution in [0.2, 0.25) is 0 Å². The zero-order valence-electron chi connectivity index (χ0n) is 16.1. The molecule has 2 unspecified atom stereocenters. The average Bonchev–Trinajstić information content (AvgIpc) is 2.74. The van der Waals surface area contributed by atoms with Crippen LogP contribution < -0.4 is 15.8 Å². The summed E-state index contributed by atoms with van der Waals surface area (Å²) in [4.78, 5) is 0.981. The lowest BCUT2D eigenvalue weighted by molar-refractivity contribution is 0.678. The zero-order valence-corrected chi connectivity index (χ0v) is 17.7. The predicted octanol–water partition coefficient (Wildman–Crippen LogP) is 3.60. The quantitative estimate of drug-likeness (QED) is 0.342. The van der Waals surface area contributed by atoms with E-state index in [4.69, 9.17) is 11.1 Å². The van der Waals surface area contributed by atoms with E-state index in [-0.39, 0.29) is 5.71 Å². The third-order valence-corrected chi connectivity index (χ3v) is 6.61. The summed E-state index contributed by atoms with van der Waals surface area (Å²) in [6.45, 7) is 0. The molecule has 3 aromatic rings. The molecule has 0 saturated heterocycles. The molecule has 2 atom stereocenters. The standard InChI is InChI=1S/C21H22N4O2S2/c1-24-15-7-5-6-14(12-15)21(23)17-13-16(10-11-18(17)22)25-29(27)20-9-4-3-8-19(20)28(2)26/h3-13,23-25H,22H2,1-2H3. The van der Waals surface area contributed by atoms with Crippen molar-refractivity contribution in [3.63, 3.8) is 0 Å². The van der Waals surface area contributed by atoms with Crippen molar-refractivity contribution in [2.24, 2.45) is 0 Å². The van der Waals surface area contributed by atoms with Crippen LogP contribution >= 0.6 is 0 Å². The molecule has 0 aliphatic rings. The van der Waals surface area contributed by atoms with E-state index in [9.17, 15) is 8.42 Å². The molecule has 8 heteroatoms. The van der Waals surface area contributed by atoms with E-state index < -0.39 is 21.8 Å². The van der Waals surface area contributed by atoms with Gasteiger partial charge < -0.3 is 15.8 Å². The summed E-state index contributed by atoms with van der Waals surface area (Å²) in [5.74, 6) is 0. The summed E-state index contributed by atoms with van der Waals surface area (Å²) in [7, 11) is -1.05. The molecule has 0 spiro atoms. The van der Waals surface area contributed by atoms with Crippen molar-refractivity contribution < 1.29 is 8.42 Å². The Labute approximate surface area is 175 Å². The maximum atomic E-state index is 12.8. The maximum Gasteiger partial charge on any atom is 0.151 e. The summed E-state index contributed by atoms with van der Waals surface area (Å²) >= 11 is 0. The van der Waals surface area contributed by atoms with Crippen molar-refractivity contribution in [3.8, 4) is 0 Å². The molecule has 29 heavy (non-hydrogen) atoms. The van der Waals surface area contributed by atoms with Gasteiger partial charge >= 0.3 is 0 Å². The molecule has 0 amide bonds. The van der Waals surface area contributed by atoms with E-state index in [1.165, 1.54) is 0 Å². The topological polar surface area (TPSA) is 108 Å². The predicted molar refractivity (Wildman–Crippen MR) is 122 cm³/mol. The van der Waals surface area contributed by atoms with Gasteiger partial charge in [-0.2, -0.15) is 0 Å². The SMILES string of the molecule is CNc1cccc(C(=N)c2cc(NS(=O)c3ccccc3S(C)=O)ccc2N)c1. The summed E-state index contributed by atoms with van der Waals surface area (Å²) in [5, 5.41) is 11.6. The van der Waals surface area contributed by atoms with E-state index in [1.807, 2.05) is 31.3 Å². The van der Waals surface area contributed by atoms with Gasteiger partial charge in [0.1, 0.15) is 0 Å². The molecule has 0 radical (unpaired) electrons. The largest absolute Gasteiger partial charge is 0.398 e. The van der Waals surface area contributed by atoms with Crippen LogP contribution in [0, 0.1) is 5.41 Å². The van der Waals surface area contributed by atoms with Crippen molar-refractivity contribution >= 4 is 44.6 Å². The van der Waals surface area contributed by atoms with Crippen LogP contribution in [0.5, 0.6) is 0 Å². The molecule has 150 valence electrons. The maximum absolute atomic E-state index is 12.8. The van der Waals surface area contributed by atoms with Gasteiger partial charge in [0, 0.05) is 41.5 Å². The Morgan fingerprint density at radius 3 is 2.34 bits per heavy atom.